The van der Waals surface area contributed by atoms with Crippen LogP contribution in [-0.4, -0.2) is 25.6 Å². The molecule has 0 unspecified atom stereocenters. The van der Waals surface area contributed by atoms with E-state index in [1.807, 2.05) is 0 Å². The third kappa shape index (κ3) is 6.50. The molecule has 0 aromatic heterocycles. The van der Waals surface area contributed by atoms with Crippen LogP contribution in [0.15, 0.2) is 54.6 Å². The molecule has 142 valence electrons. The Bertz CT molecular complexity index is 830. The van der Waals surface area contributed by atoms with Crippen molar-refractivity contribution < 1.29 is 32.2 Å². The van der Waals surface area contributed by atoms with Crippen molar-refractivity contribution in [2.24, 2.45) is 0 Å². The Morgan fingerprint density at radius 1 is 1.11 bits per heavy atom. The Morgan fingerprint density at radius 3 is 2.44 bits per heavy atom. The third-order valence-corrected chi connectivity index (χ3v) is 3.35. The van der Waals surface area contributed by atoms with Gasteiger partial charge in [-0.2, -0.15) is 13.2 Å². The van der Waals surface area contributed by atoms with Crippen LogP contribution in [0.25, 0.3) is 6.08 Å². The lowest BCUT2D eigenvalue weighted by Gasteiger charge is -2.08. The molecule has 0 saturated heterocycles. The first-order valence-corrected chi connectivity index (χ1v) is 7.74. The van der Waals surface area contributed by atoms with E-state index in [-0.39, 0.29) is 5.69 Å². The van der Waals surface area contributed by atoms with E-state index in [1.165, 1.54) is 13.2 Å². The molecular weight excluding hydrogens is 363 g/mol. The molecule has 0 saturated carbocycles. The smallest absolute Gasteiger partial charge is 0.416 e. The van der Waals surface area contributed by atoms with E-state index in [2.05, 4.69) is 5.32 Å². The lowest BCUT2D eigenvalue weighted by atomic mass is 10.2. The third-order valence-electron chi connectivity index (χ3n) is 3.35. The van der Waals surface area contributed by atoms with Crippen LogP contribution in [0.1, 0.15) is 11.1 Å². The average Bonchev–Trinajstić information content (AvgIpc) is 2.64. The molecule has 0 bridgehead atoms. The van der Waals surface area contributed by atoms with E-state index in [1.54, 1.807) is 24.3 Å². The number of rotatable bonds is 6. The van der Waals surface area contributed by atoms with Gasteiger partial charge in [-0.3, -0.25) is 4.79 Å². The monoisotopic (exact) mass is 379 g/mol. The number of carbonyl (C=O) groups is 2. The van der Waals surface area contributed by atoms with Gasteiger partial charge in [0.05, 0.1) is 12.7 Å². The number of hydrogen-bond acceptors (Lipinski definition) is 4. The second-order valence-corrected chi connectivity index (χ2v) is 5.34. The van der Waals surface area contributed by atoms with Crippen molar-refractivity contribution in [3.05, 3.63) is 65.7 Å². The number of methoxy groups -OCH3 is 1. The lowest BCUT2D eigenvalue weighted by molar-refractivity contribution is -0.142. The van der Waals surface area contributed by atoms with Gasteiger partial charge in [-0.25, -0.2) is 4.79 Å². The van der Waals surface area contributed by atoms with Gasteiger partial charge in [-0.15, -0.1) is 0 Å². The summed E-state index contributed by atoms with van der Waals surface area (Å²) in [6.45, 7) is -0.567. The fraction of sp³-hybridized carbons (Fsp3) is 0.158. The summed E-state index contributed by atoms with van der Waals surface area (Å²) in [7, 11) is 1.52. The van der Waals surface area contributed by atoms with Gasteiger partial charge in [0.1, 0.15) is 5.75 Å². The number of carbonyl (C=O) groups excluding carboxylic acids is 2. The van der Waals surface area contributed by atoms with Crippen molar-refractivity contribution in [3.8, 4) is 5.75 Å². The molecule has 0 radical (unpaired) electrons. The molecule has 2 aromatic rings. The summed E-state index contributed by atoms with van der Waals surface area (Å²) in [4.78, 5) is 23.3. The van der Waals surface area contributed by atoms with E-state index >= 15 is 0 Å². The predicted molar refractivity (Wildman–Crippen MR) is 93.1 cm³/mol. The van der Waals surface area contributed by atoms with Crippen LogP contribution in [-0.2, 0) is 20.5 Å². The van der Waals surface area contributed by atoms with Crippen molar-refractivity contribution in [3.63, 3.8) is 0 Å². The number of nitrogens with one attached hydrogen (secondary N) is 1. The fourth-order valence-electron chi connectivity index (χ4n) is 2.03. The van der Waals surface area contributed by atoms with Crippen LogP contribution in [0.5, 0.6) is 5.75 Å². The van der Waals surface area contributed by atoms with Crippen LogP contribution in [0.2, 0.25) is 0 Å². The average molecular weight is 379 g/mol. The fourth-order valence-corrected chi connectivity index (χ4v) is 2.03. The van der Waals surface area contributed by atoms with Gasteiger partial charge in [-0.05, 0) is 48.0 Å². The van der Waals surface area contributed by atoms with Gasteiger partial charge >= 0.3 is 12.1 Å². The number of ether oxygens (including phenoxy) is 2. The van der Waals surface area contributed by atoms with Crippen molar-refractivity contribution in [1.82, 2.24) is 0 Å². The molecule has 2 rings (SSSR count). The normalized spacial score (nSPS) is 11.3. The van der Waals surface area contributed by atoms with Gasteiger partial charge in [0, 0.05) is 11.8 Å². The predicted octanol–water partition coefficient (Wildman–Crippen LogP) is 3.91. The van der Waals surface area contributed by atoms with Gasteiger partial charge in [0.25, 0.3) is 5.91 Å². The Morgan fingerprint density at radius 2 is 1.81 bits per heavy atom. The molecule has 27 heavy (non-hydrogen) atoms. The highest BCUT2D eigenvalue weighted by atomic mass is 19.4. The quantitative estimate of drug-likeness (QED) is 0.611. The number of halogens is 3. The molecule has 0 heterocycles. The van der Waals surface area contributed by atoms with Gasteiger partial charge in [0.2, 0.25) is 0 Å². The maximum Gasteiger partial charge on any atom is 0.416 e. The summed E-state index contributed by atoms with van der Waals surface area (Å²) in [6, 6.07) is 10.9. The summed E-state index contributed by atoms with van der Waals surface area (Å²) in [5.41, 5.74) is 0.0473. The van der Waals surface area contributed by atoms with Crippen molar-refractivity contribution in [2.75, 3.05) is 19.0 Å². The molecule has 0 fully saturated rings. The number of alkyl halides is 3. The first-order chi connectivity index (χ1) is 12.8. The molecule has 0 spiro atoms. The minimum absolute atomic E-state index is 0.163. The van der Waals surface area contributed by atoms with Gasteiger partial charge in [-0.1, -0.05) is 12.1 Å². The zero-order valence-electron chi connectivity index (χ0n) is 14.2. The van der Waals surface area contributed by atoms with Gasteiger partial charge in [0.15, 0.2) is 6.61 Å². The summed E-state index contributed by atoms with van der Waals surface area (Å²) >= 11 is 0. The molecule has 5 nitrogen and oxygen atoms in total. The SMILES string of the molecule is COc1cccc(C=CC(=O)OCC(=O)Nc2ccc(C(F)(F)F)cc2)c1. The first-order valence-electron chi connectivity index (χ1n) is 7.74. The van der Waals surface area contributed by atoms with Crippen LogP contribution in [0, 0.1) is 0 Å². The van der Waals surface area contributed by atoms with E-state index in [0.717, 1.165) is 30.3 Å². The second-order valence-electron chi connectivity index (χ2n) is 5.34. The van der Waals surface area contributed by atoms with E-state index in [0.29, 0.717) is 11.3 Å². The largest absolute Gasteiger partial charge is 0.497 e. The van der Waals surface area contributed by atoms with E-state index < -0.39 is 30.2 Å². The summed E-state index contributed by atoms with van der Waals surface area (Å²) in [5.74, 6) is -0.778. The zero-order valence-corrected chi connectivity index (χ0v) is 14.2. The Hall–Kier alpha value is -3.29. The molecule has 8 heteroatoms. The molecule has 1 N–H and O–H groups in total. The highest BCUT2D eigenvalue weighted by molar-refractivity contribution is 5.94. The second kappa shape index (κ2) is 8.88. The topological polar surface area (TPSA) is 64.6 Å². The van der Waals surface area contributed by atoms with Crippen LogP contribution >= 0.6 is 0 Å². The molecule has 0 aliphatic rings. The van der Waals surface area contributed by atoms with E-state index in [9.17, 15) is 22.8 Å². The number of amides is 1. The standard InChI is InChI=1S/C19H16F3NO4/c1-26-16-4-2-3-13(11-16)5-10-18(25)27-12-17(24)23-15-8-6-14(7-9-15)19(20,21)22/h2-11H,12H2,1H3,(H,23,24). The minimum Gasteiger partial charge on any atom is -0.497 e. The number of anilines is 1. The summed E-state index contributed by atoms with van der Waals surface area (Å²) in [6.07, 6.45) is -1.80. The summed E-state index contributed by atoms with van der Waals surface area (Å²) < 4.78 is 47.3. The van der Waals surface area contributed by atoms with Gasteiger partial charge < -0.3 is 14.8 Å². The maximum atomic E-state index is 12.5. The molecule has 1 amide bonds. The molecule has 2 aromatic carbocycles. The van der Waals surface area contributed by atoms with Crippen molar-refractivity contribution in [2.45, 2.75) is 6.18 Å². The molecule has 0 aliphatic carbocycles. The number of hydrogen-bond donors (Lipinski definition) is 1. The van der Waals surface area contributed by atoms with Crippen LogP contribution in [0.4, 0.5) is 18.9 Å². The minimum atomic E-state index is -4.45. The number of benzene rings is 2. The first kappa shape index (κ1) is 20.0. The highest BCUT2D eigenvalue weighted by Gasteiger charge is 2.29. The van der Waals surface area contributed by atoms with Crippen molar-refractivity contribution in [1.29, 1.82) is 0 Å². The lowest BCUT2D eigenvalue weighted by Crippen LogP contribution is -2.20. The van der Waals surface area contributed by atoms with Crippen LogP contribution in [0.3, 0.4) is 0 Å². The maximum absolute atomic E-state index is 12.5. The Kier molecular flexibility index (Phi) is 6.59. The molecular formula is C19H16F3NO4. The molecule has 0 aliphatic heterocycles. The van der Waals surface area contributed by atoms with E-state index in [4.69, 9.17) is 9.47 Å². The van der Waals surface area contributed by atoms with Crippen molar-refractivity contribution >= 4 is 23.6 Å². The highest BCUT2D eigenvalue weighted by Crippen LogP contribution is 2.29. The number of esters is 1. The molecule has 0 atom stereocenters. The zero-order chi connectivity index (χ0) is 19.9. The summed E-state index contributed by atoms with van der Waals surface area (Å²) in [5, 5.41) is 2.34. The van der Waals surface area contributed by atoms with Crippen LogP contribution < -0.4 is 10.1 Å². The Balaban J connectivity index is 1.82. The Labute approximate surface area is 153 Å².